The van der Waals surface area contributed by atoms with Crippen molar-refractivity contribution in [1.29, 1.82) is 0 Å². The maximum Gasteiger partial charge on any atom is 0.311 e. The van der Waals surface area contributed by atoms with E-state index in [1.165, 1.54) is 26.2 Å². The fraction of sp³-hybridized carbons (Fsp3) is 0.364. The van der Waals surface area contributed by atoms with Crippen LogP contribution < -0.4 is 4.74 Å². The number of carbonyl (C=O) groups is 1. The SMILES string of the molecule is COc1ccc(CC(Cl)C(C)=O)cc1[N+](=O)[O-]. The van der Waals surface area contributed by atoms with Gasteiger partial charge in [0.15, 0.2) is 5.75 Å². The average Bonchev–Trinajstić information content (AvgIpc) is 2.28. The largest absolute Gasteiger partial charge is 0.490 e. The normalized spacial score (nSPS) is 11.9. The number of ether oxygens (including phenoxy) is 1. The number of nitro groups is 1. The molecule has 0 aliphatic rings. The lowest BCUT2D eigenvalue weighted by Gasteiger charge is -2.07. The number of nitrogens with zero attached hydrogens (tertiary/aromatic N) is 1. The van der Waals surface area contributed by atoms with Gasteiger partial charge in [0, 0.05) is 6.07 Å². The molecular formula is C11H12ClNO4. The van der Waals surface area contributed by atoms with Crippen molar-refractivity contribution in [2.45, 2.75) is 18.7 Å². The second kappa shape index (κ2) is 5.63. The summed E-state index contributed by atoms with van der Waals surface area (Å²) in [5.74, 6) is 0.0258. The smallest absolute Gasteiger partial charge is 0.311 e. The van der Waals surface area contributed by atoms with Crippen molar-refractivity contribution in [3.05, 3.63) is 33.9 Å². The lowest BCUT2D eigenvalue weighted by molar-refractivity contribution is -0.385. The summed E-state index contributed by atoms with van der Waals surface area (Å²) in [5, 5.41) is 10.1. The first-order chi connectivity index (χ1) is 7.95. The van der Waals surface area contributed by atoms with Gasteiger partial charge < -0.3 is 4.74 Å². The number of rotatable bonds is 5. The molecule has 6 heteroatoms. The first-order valence-electron chi connectivity index (χ1n) is 4.91. The summed E-state index contributed by atoms with van der Waals surface area (Å²) in [6.07, 6.45) is 0.266. The number of ketones is 1. The van der Waals surface area contributed by atoms with Gasteiger partial charge in [0.1, 0.15) is 5.78 Å². The highest BCUT2D eigenvalue weighted by Gasteiger charge is 2.17. The van der Waals surface area contributed by atoms with Gasteiger partial charge in [-0.1, -0.05) is 6.07 Å². The van der Waals surface area contributed by atoms with E-state index in [0.717, 1.165) is 0 Å². The Hall–Kier alpha value is -1.62. The molecule has 0 aliphatic carbocycles. The molecule has 1 aromatic rings. The van der Waals surface area contributed by atoms with Crippen LogP contribution in [-0.4, -0.2) is 23.2 Å². The number of hydrogen-bond donors (Lipinski definition) is 0. The monoisotopic (exact) mass is 257 g/mol. The molecule has 1 rings (SSSR count). The summed E-state index contributed by atoms with van der Waals surface area (Å²) in [6.45, 7) is 1.38. The standard InChI is InChI=1S/C11H12ClNO4/c1-7(14)9(12)5-8-3-4-11(17-2)10(6-8)13(15)16/h3-4,6,9H,5H2,1-2H3. The minimum atomic E-state index is -0.664. The van der Waals surface area contributed by atoms with Crippen molar-refractivity contribution in [2.24, 2.45) is 0 Å². The highest BCUT2D eigenvalue weighted by Crippen LogP contribution is 2.28. The first-order valence-corrected chi connectivity index (χ1v) is 5.35. The Labute approximate surface area is 103 Å². The third kappa shape index (κ3) is 3.42. The molecule has 1 atom stereocenters. The molecule has 0 heterocycles. The van der Waals surface area contributed by atoms with Crippen LogP contribution in [0, 0.1) is 10.1 Å². The van der Waals surface area contributed by atoms with E-state index in [4.69, 9.17) is 16.3 Å². The van der Waals surface area contributed by atoms with E-state index in [1.807, 2.05) is 0 Å². The Morgan fingerprint density at radius 3 is 2.71 bits per heavy atom. The van der Waals surface area contributed by atoms with Gasteiger partial charge in [-0.15, -0.1) is 11.6 Å². The molecule has 0 saturated carbocycles. The van der Waals surface area contributed by atoms with Gasteiger partial charge in [0.05, 0.1) is 17.4 Å². The van der Waals surface area contributed by atoms with Gasteiger partial charge in [0.2, 0.25) is 0 Å². The zero-order valence-corrected chi connectivity index (χ0v) is 10.2. The van der Waals surface area contributed by atoms with Gasteiger partial charge in [-0.2, -0.15) is 0 Å². The van der Waals surface area contributed by atoms with Crippen molar-refractivity contribution in [3.8, 4) is 5.75 Å². The predicted octanol–water partition coefficient (Wildman–Crippen LogP) is 2.34. The van der Waals surface area contributed by atoms with Gasteiger partial charge in [0.25, 0.3) is 0 Å². The maximum absolute atomic E-state index is 11.0. The second-order valence-corrected chi connectivity index (χ2v) is 4.07. The Morgan fingerprint density at radius 1 is 1.59 bits per heavy atom. The number of halogens is 1. The number of carbonyl (C=O) groups excluding carboxylic acids is 1. The van der Waals surface area contributed by atoms with Gasteiger partial charge in [-0.3, -0.25) is 14.9 Å². The van der Waals surface area contributed by atoms with Crippen LogP contribution in [0.2, 0.25) is 0 Å². The number of methoxy groups -OCH3 is 1. The van der Waals surface area contributed by atoms with E-state index in [-0.39, 0.29) is 23.6 Å². The predicted molar refractivity (Wildman–Crippen MR) is 63.7 cm³/mol. The van der Waals surface area contributed by atoms with Crippen LogP contribution in [0.1, 0.15) is 12.5 Å². The molecule has 0 radical (unpaired) electrons. The molecule has 0 N–H and O–H groups in total. The van der Waals surface area contributed by atoms with Crippen LogP contribution in [0.15, 0.2) is 18.2 Å². The molecule has 0 spiro atoms. The molecule has 5 nitrogen and oxygen atoms in total. The van der Waals surface area contributed by atoms with Crippen molar-refractivity contribution >= 4 is 23.1 Å². The van der Waals surface area contributed by atoms with E-state index < -0.39 is 10.3 Å². The van der Waals surface area contributed by atoms with E-state index in [9.17, 15) is 14.9 Å². The number of Topliss-reactive ketones (excluding diaryl/α,β-unsaturated/α-hetero) is 1. The molecule has 0 amide bonds. The molecule has 1 unspecified atom stereocenters. The van der Waals surface area contributed by atoms with Gasteiger partial charge >= 0.3 is 5.69 Å². The number of hydrogen-bond acceptors (Lipinski definition) is 4. The average molecular weight is 258 g/mol. The molecule has 17 heavy (non-hydrogen) atoms. The molecule has 92 valence electrons. The summed E-state index contributed by atoms with van der Waals surface area (Å²) in [4.78, 5) is 21.2. The van der Waals surface area contributed by atoms with Crippen LogP contribution in [0.4, 0.5) is 5.69 Å². The fourth-order valence-electron chi connectivity index (χ4n) is 1.36. The van der Waals surface area contributed by atoms with Crippen molar-refractivity contribution in [2.75, 3.05) is 7.11 Å². The van der Waals surface area contributed by atoms with Gasteiger partial charge in [-0.25, -0.2) is 0 Å². The topological polar surface area (TPSA) is 69.4 Å². The minimum Gasteiger partial charge on any atom is -0.490 e. The Morgan fingerprint density at radius 2 is 2.24 bits per heavy atom. The van der Waals surface area contributed by atoms with E-state index in [0.29, 0.717) is 5.56 Å². The first kappa shape index (κ1) is 13.4. The van der Waals surface area contributed by atoms with Crippen molar-refractivity contribution in [1.82, 2.24) is 0 Å². The highest BCUT2D eigenvalue weighted by atomic mass is 35.5. The van der Waals surface area contributed by atoms with Gasteiger partial charge in [-0.05, 0) is 25.0 Å². The van der Waals surface area contributed by atoms with Crippen molar-refractivity contribution in [3.63, 3.8) is 0 Å². The summed E-state index contributed by atoms with van der Waals surface area (Å²) in [5.41, 5.74) is 0.505. The second-order valence-electron chi connectivity index (χ2n) is 3.55. The molecule has 0 aliphatic heterocycles. The van der Waals surface area contributed by atoms with Crippen LogP contribution >= 0.6 is 11.6 Å². The lowest BCUT2D eigenvalue weighted by Crippen LogP contribution is -2.13. The third-order valence-corrected chi connectivity index (χ3v) is 2.76. The van der Waals surface area contributed by atoms with E-state index >= 15 is 0 Å². The quantitative estimate of drug-likeness (QED) is 0.461. The summed E-state index contributed by atoms with van der Waals surface area (Å²) < 4.78 is 4.87. The minimum absolute atomic E-state index is 0.127. The number of benzene rings is 1. The Balaban J connectivity index is 3.00. The molecule has 0 aromatic heterocycles. The van der Waals surface area contributed by atoms with Crippen LogP contribution in [0.3, 0.4) is 0 Å². The fourth-order valence-corrected chi connectivity index (χ4v) is 1.53. The number of nitro benzene ring substituents is 1. The summed E-state index contributed by atoms with van der Waals surface area (Å²) >= 11 is 5.81. The number of alkyl halides is 1. The molecular weight excluding hydrogens is 246 g/mol. The Kier molecular flexibility index (Phi) is 4.45. The third-order valence-electron chi connectivity index (χ3n) is 2.30. The Bertz CT molecular complexity index is 447. The lowest BCUT2D eigenvalue weighted by atomic mass is 10.1. The zero-order valence-electron chi connectivity index (χ0n) is 9.47. The zero-order chi connectivity index (χ0) is 13.0. The van der Waals surface area contributed by atoms with E-state index in [2.05, 4.69) is 0 Å². The summed E-state index contributed by atoms with van der Waals surface area (Å²) in [7, 11) is 1.36. The van der Waals surface area contributed by atoms with E-state index in [1.54, 1.807) is 6.07 Å². The van der Waals surface area contributed by atoms with Crippen molar-refractivity contribution < 1.29 is 14.5 Å². The molecule has 1 aromatic carbocycles. The highest BCUT2D eigenvalue weighted by molar-refractivity contribution is 6.30. The van der Waals surface area contributed by atoms with Crippen LogP contribution in [0.25, 0.3) is 0 Å². The van der Waals surface area contributed by atoms with Crippen LogP contribution in [0.5, 0.6) is 5.75 Å². The molecule has 0 fully saturated rings. The van der Waals surface area contributed by atoms with Crippen LogP contribution in [-0.2, 0) is 11.2 Å². The maximum atomic E-state index is 11.0. The summed E-state index contributed by atoms with van der Waals surface area (Å²) in [6, 6.07) is 4.53. The molecule has 0 bridgehead atoms. The molecule has 0 saturated heterocycles.